The third kappa shape index (κ3) is 2.79. The molecule has 1 heterocycles. The fourth-order valence-corrected chi connectivity index (χ4v) is 2.61. The quantitative estimate of drug-likeness (QED) is 0.798. The normalized spacial score (nSPS) is 21.1. The summed E-state index contributed by atoms with van der Waals surface area (Å²) in [5.74, 6) is 2.24. The first-order chi connectivity index (χ1) is 9.26. The summed E-state index contributed by atoms with van der Waals surface area (Å²) in [5, 5.41) is 12.7. The Kier molecular flexibility index (Phi) is 3.26. The molecule has 2 atom stereocenters. The van der Waals surface area contributed by atoms with Crippen molar-refractivity contribution in [3.05, 3.63) is 41.5 Å². The SMILES string of the molecule is Cc1ccc(SCc2noc(C3CC3C#N)n2)cc1. The van der Waals surface area contributed by atoms with Crippen LogP contribution in [0.5, 0.6) is 0 Å². The molecular formula is C14H13N3OS. The number of aryl methyl sites for hydroxylation is 1. The predicted molar refractivity (Wildman–Crippen MR) is 71.5 cm³/mol. The molecule has 1 aromatic carbocycles. The zero-order valence-corrected chi connectivity index (χ0v) is 11.4. The molecule has 0 amide bonds. The van der Waals surface area contributed by atoms with Gasteiger partial charge < -0.3 is 4.52 Å². The first kappa shape index (κ1) is 12.2. The van der Waals surface area contributed by atoms with Crippen molar-refractivity contribution in [1.82, 2.24) is 10.1 Å². The molecule has 0 saturated heterocycles. The number of hydrogen-bond donors (Lipinski definition) is 0. The summed E-state index contributed by atoms with van der Waals surface area (Å²) in [6, 6.07) is 10.6. The van der Waals surface area contributed by atoms with E-state index in [0.29, 0.717) is 17.5 Å². The first-order valence-electron chi connectivity index (χ1n) is 6.18. The number of rotatable bonds is 4. The van der Waals surface area contributed by atoms with Crippen LogP contribution in [0.3, 0.4) is 0 Å². The smallest absolute Gasteiger partial charge is 0.231 e. The molecule has 2 unspecified atom stereocenters. The Morgan fingerprint density at radius 1 is 1.42 bits per heavy atom. The Morgan fingerprint density at radius 3 is 2.89 bits per heavy atom. The molecule has 2 aromatic rings. The highest BCUT2D eigenvalue weighted by Gasteiger charge is 2.43. The molecule has 5 heteroatoms. The molecule has 1 aliphatic rings. The van der Waals surface area contributed by atoms with Crippen LogP contribution in [0.15, 0.2) is 33.7 Å². The summed E-state index contributed by atoms with van der Waals surface area (Å²) in [6.07, 6.45) is 0.850. The molecular weight excluding hydrogens is 258 g/mol. The molecule has 1 aromatic heterocycles. The summed E-state index contributed by atoms with van der Waals surface area (Å²) in [5.41, 5.74) is 1.25. The molecule has 0 spiro atoms. The van der Waals surface area contributed by atoms with Crippen molar-refractivity contribution in [2.45, 2.75) is 29.9 Å². The molecule has 1 saturated carbocycles. The molecule has 0 N–H and O–H groups in total. The van der Waals surface area contributed by atoms with Gasteiger partial charge in [0.05, 0.1) is 23.7 Å². The zero-order valence-electron chi connectivity index (χ0n) is 10.5. The molecule has 19 heavy (non-hydrogen) atoms. The maximum atomic E-state index is 8.78. The van der Waals surface area contributed by atoms with Gasteiger partial charge in [0.25, 0.3) is 0 Å². The van der Waals surface area contributed by atoms with E-state index >= 15 is 0 Å². The minimum atomic E-state index is 0.0676. The number of aromatic nitrogens is 2. The van der Waals surface area contributed by atoms with Gasteiger partial charge in [-0.2, -0.15) is 10.2 Å². The lowest BCUT2D eigenvalue weighted by atomic mass is 10.2. The highest BCUT2D eigenvalue weighted by atomic mass is 32.2. The van der Waals surface area contributed by atoms with Gasteiger partial charge in [0.15, 0.2) is 5.82 Å². The summed E-state index contributed by atoms with van der Waals surface area (Å²) < 4.78 is 5.20. The molecule has 3 rings (SSSR count). The highest BCUT2D eigenvalue weighted by molar-refractivity contribution is 7.98. The Morgan fingerprint density at radius 2 is 2.21 bits per heavy atom. The highest BCUT2D eigenvalue weighted by Crippen LogP contribution is 2.46. The largest absolute Gasteiger partial charge is 0.339 e. The van der Waals surface area contributed by atoms with Crippen LogP contribution in [0.2, 0.25) is 0 Å². The summed E-state index contributed by atoms with van der Waals surface area (Å²) in [4.78, 5) is 5.55. The van der Waals surface area contributed by atoms with Crippen molar-refractivity contribution in [2.75, 3.05) is 0 Å². The second-order valence-corrected chi connectivity index (χ2v) is 5.78. The van der Waals surface area contributed by atoms with E-state index in [4.69, 9.17) is 9.78 Å². The van der Waals surface area contributed by atoms with Gasteiger partial charge in [0, 0.05) is 4.90 Å². The standard InChI is InChI=1S/C14H13N3OS/c1-9-2-4-11(5-3-9)19-8-13-16-14(18-17-13)12-6-10(12)7-15/h2-5,10,12H,6,8H2,1H3. The second-order valence-electron chi connectivity index (χ2n) is 4.73. The number of nitrogens with zero attached hydrogens (tertiary/aromatic N) is 3. The summed E-state index contributed by atoms with van der Waals surface area (Å²) in [7, 11) is 0. The third-order valence-electron chi connectivity index (χ3n) is 3.15. The van der Waals surface area contributed by atoms with Gasteiger partial charge in [-0.15, -0.1) is 11.8 Å². The average molecular weight is 271 g/mol. The van der Waals surface area contributed by atoms with Crippen molar-refractivity contribution >= 4 is 11.8 Å². The molecule has 0 radical (unpaired) electrons. The van der Waals surface area contributed by atoms with Crippen LogP contribution in [0.4, 0.5) is 0 Å². The van der Waals surface area contributed by atoms with Gasteiger partial charge in [-0.05, 0) is 25.5 Å². The molecule has 0 aliphatic heterocycles. The molecule has 1 aliphatic carbocycles. The number of nitriles is 1. The predicted octanol–water partition coefficient (Wildman–Crippen LogP) is 3.30. The van der Waals surface area contributed by atoms with E-state index < -0.39 is 0 Å². The van der Waals surface area contributed by atoms with E-state index in [-0.39, 0.29) is 11.8 Å². The lowest BCUT2D eigenvalue weighted by Gasteiger charge is -1.98. The molecule has 96 valence electrons. The number of hydrogen-bond acceptors (Lipinski definition) is 5. The minimum Gasteiger partial charge on any atom is -0.339 e. The summed E-state index contributed by atoms with van der Waals surface area (Å²) in [6.45, 7) is 2.07. The van der Waals surface area contributed by atoms with E-state index in [9.17, 15) is 0 Å². The van der Waals surface area contributed by atoms with Crippen LogP contribution in [-0.4, -0.2) is 10.1 Å². The van der Waals surface area contributed by atoms with E-state index in [1.807, 2.05) is 0 Å². The van der Waals surface area contributed by atoms with Crippen molar-refractivity contribution in [3.63, 3.8) is 0 Å². The number of benzene rings is 1. The van der Waals surface area contributed by atoms with Crippen LogP contribution in [0.25, 0.3) is 0 Å². The maximum Gasteiger partial charge on any atom is 0.231 e. The topological polar surface area (TPSA) is 62.7 Å². The van der Waals surface area contributed by atoms with E-state index in [2.05, 4.69) is 47.4 Å². The van der Waals surface area contributed by atoms with Gasteiger partial charge in [-0.1, -0.05) is 22.9 Å². The number of thioether (sulfide) groups is 1. The van der Waals surface area contributed by atoms with E-state index in [1.165, 1.54) is 10.5 Å². The van der Waals surface area contributed by atoms with Gasteiger partial charge in [-0.25, -0.2) is 0 Å². The average Bonchev–Trinajstić information content (AvgIpc) is 3.08. The Labute approximate surface area is 115 Å². The lowest BCUT2D eigenvalue weighted by Crippen LogP contribution is -1.86. The maximum absolute atomic E-state index is 8.78. The van der Waals surface area contributed by atoms with Crippen molar-refractivity contribution in [2.24, 2.45) is 5.92 Å². The second kappa shape index (κ2) is 5.06. The molecule has 0 bridgehead atoms. The fourth-order valence-electron chi connectivity index (χ4n) is 1.87. The van der Waals surface area contributed by atoms with Crippen molar-refractivity contribution in [1.29, 1.82) is 5.26 Å². The van der Waals surface area contributed by atoms with Crippen molar-refractivity contribution in [3.8, 4) is 6.07 Å². The monoisotopic (exact) mass is 271 g/mol. The minimum absolute atomic E-state index is 0.0676. The lowest BCUT2D eigenvalue weighted by molar-refractivity contribution is 0.373. The van der Waals surface area contributed by atoms with Crippen LogP contribution in [0.1, 0.15) is 29.6 Å². The first-order valence-corrected chi connectivity index (χ1v) is 7.16. The van der Waals surface area contributed by atoms with Crippen LogP contribution < -0.4 is 0 Å². The van der Waals surface area contributed by atoms with Crippen molar-refractivity contribution < 1.29 is 4.52 Å². The van der Waals surface area contributed by atoms with E-state index in [1.54, 1.807) is 11.8 Å². The molecule has 1 fully saturated rings. The Bertz CT molecular complexity index is 614. The van der Waals surface area contributed by atoms with Crippen LogP contribution >= 0.6 is 11.8 Å². The van der Waals surface area contributed by atoms with Crippen LogP contribution in [0, 0.1) is 24.2 Å². The van der Waals surface area contributed by atoms with Crippen LogP contribution in [-0.2, 0) is 5.75 Å². The summed E-state index contributed by atoms with van der Waals surface area (Å²) >= 11 is 1.68. The fraction of sp³-hybridized carbons (Fsp3) is 0.357. The Balaban J connectivity index is 1.59. The third-order valence-corrected chi connectivity index (χ3v) is 4.15. The Hall–Kier alpha value is -1.80. The van der Waals surface area contributed by atoms with Gasteiger partial charge in [-0.3, -0.25) is 0 Å². The van der Waals surface area contributed by atoms with E-state index in [0.717, 1.165) is 6.42 Å². The zero-order chi connectivity index (χ0) is 13.2. The van der Waals surface area contributed by atoms with Gasteiger partial charge >= 0.3 is 0 Å². The molecule has 4 nitrogen and oxygen atoms in total. The van der Waals surface area contributed by atoms with Gasteiger partial charge in [0.2, 0.25) is 5.89 Å². The van der Waals surface area contributed by atoms with Gasteiger partial charge in [0.1, 0.15) is 0 Å².